The Morgan fingerprint density at radius 3 is 2.00 bits per heavy atom. The van der Waals surface area contributed by atoms with Crippen LogP contribution in [0.4, 0.5) is 0 Å². The van der Waals surface area contributed by atoms with E-state index in [1.807, 2.05) is 6.92 Å². The molecule has 0 saturated carbocycles. The fraction of sp³-hybridized carbons (Fsp3) is 0.833. The molecule has 0 bridgehead atoms. The van der Waals surface area contributed by atoms with E-state index in [1.54, 1.807) is 0 Å². The molecule has 0 aromatic heterocycles. The van der Waals surface area contributed by atoms with E-state index >= 15 is 0 Å². The minimum Gasteiger partial charge on any atom is -0.396 e. The van der Waals surface area contributed by atoms with Crippen molar-refractivity contribution in [2.45, 2.75) is 13.3 Å². The highest BCUT2D eigenvalue weighted by Gasteiger charge is 1.96. The van der Waals surface area contributed by atoms with Crippen molar-refractivity contribution in [2.75, 3.05) is 19.5 Å². The zero-order chi connectivity index (χ0) is 9.33. The lowest BCUT2D eigenvalue weighted by atomic mass is 10.5. The molecule has 1 N–H and O–H groups in total. The summed E-state index contributed by atoms with van der Waals surface area (Å²) in [7, 11) is -3.19. The summed E-state index contributed by atoms with van der Waals surface area (Å²) >= 11 is 0. The fourth-order valence-electron chi connectivity index (χ4n) is 0.235. The van der Waals surface area contributed by atoms with Gasteiger partial charge in [-0.15, -0.1) is 0 Å². The van der Waals surface area contributed by atoms with Gasteiger partial charge in [0.15, 0.2) is 0 Å². The van der Waals surface area contributed by atoms with E-state index in [2.05, 4.69) is 11.1 Å². The molecule has 0 heterocycles. The Balaban J connectivity index is 0. The summed E-state index contributed by atoms with van der Waals surface area (Å²) in [6.07, 6.45) is 1.77. The maximum atomic E-state index is 10.2. The lowest BCUT2D eigenvalue weighted by Crippen LogP contribution is -2.02. The Morgan fingerprint density at radius 1 is 1.55 bits per heavy atom. The van der Waals surface area contributed by atoms with E-state index in [0.29, 0.717) is 6.61 Å². The average molecular weight is 183 g/mol. The highest BCUT2D eigenvalue weighted by Crippen LogP contribution is 1.86. The Morgan fingerprint density at radius 2 is 1.91 bits per heavy atom. The molecule has 0 fully saturated rings. The lowest BCUT2D eigenvalue weighted by molar-refractivity contribution is 0.322. The van der Waals surface area contributed by atoms with Gasteiger partial charge in [-0.3, -0.25) is 4.18 Å². The third-order valence-corrected chi connectivity index (χ3v) is 1.10. The van der Waals surface area contributed by atoms with Gasteiger partial charge in [-0.1, -0.05) is 6.92 Å². The van der Waals surface area contributed by atoms with Crippen LogP contribution in [0, 0.1) is 6.92 Å². The van der Waals surface area contributed by atoms with Gasteiger partial charge in [0.05, 0.1) is 12.9 Å². The predicted octanol–water partition coefficient (Wildman–Crippen LogP) is 0.185. The van der Waals surface area contributed by atoms with Crippen molar-refractivity contribution in [2.24, 2.45) is 0 Å². The van der Waals surface area contributed by atoms with Gasteiger partial charge >= 0.3 is 0 Å². The summed E-state index contributed by atoms with van der Waals surface area (Å²) in [5.74, 6) is 0. The number of aliphatic hydroxyl groups excluding tert-OH is 1. The summed E-state index contributed by atoms with van der Waals surface area (Å²) in [5, 5.41) is 7.46. The van der Waals surface area contributed by atoms with Crippen molar-refractivity contribution in [1.29, 1.82) is 0 Å². The van der Waals surface area contributed by atoms with Crippen LogP contribution in [0.3, 0.4) is 0 Å². The summed E-state index contributed by atoms with van der Waals surface area (Å²) < 4.78 is 24.7. The second-order valence-electron chi connectivity index (χ2n) is 1.75. The van der Waals surface area contributed by atoms with Crippen LogP contribution in [-0.4, -0.2) is 33.0 Å². The Labute approximate surface area is 68.3 Å². The first-order valence-electron chi connectivity index (χ1n) is 3.22. The Bertz CT molecular complexity index is 150. The second-order valence-corrected chi connectivity index (χ2v) is 3.39. The van der Waals surface area contributed by atoms with E-state index in [9.17, 15) is 8.42 Å². The molecule has 0 spiro atoms. The molecular weight excluding hydrogens is 168 g/mol. The van der Waals surface area contributed by atoms with Gasteiger partial charge in [0.1, 0.15) is 0 Å². The zero-order valence-corrected chi connectivity index (χ0v) is 7.73. The zero-order valence-electron chi connectivity index (χ0n) is 6.91. The van der Waals surface area contributed by atoms with Gasteiger partial charge in [-0.25, -0.2) is 0 Å². The molecule has 5 heteroatoms. The number of hydrogen-bond acceptors (Lipinski definition) is 4. The molecule has 0 aromatic rings. The average Bonchev–Trinajstić information content (AvgIpc) is 1.84. The van der Waals surface area contributed by atoms with Crippen LogP contribution < -0.4 is 0 Å². The highest BCUT2D eigenvalue weighted by atomic mass is 32.2. The molecule has 0 atom stereocenters. The van der Waals surface area contributed by atoms with Crippen molar-refractivity contribution in [1.82, 2.24) is 0 Å². The van der Waals surface area contributed by atoms with Crippen LogP contribution in [0.15, 0.2) is 0 Å². The molecule has 0 unspecified atom stereocenters. The minimum absolute atomic E-state index is 0. The molecule has 0 amide bonds. The largest absolute Gasteiger partial charge is 0.396 e. The molecule has 1 radical (unpaired) electrons. The molecule has 11 heavy (non-hydrogen) atoms. The summed E-state index contributed by atoms with van der Waals surface area (Å²) in [6.45, 7) is 5.18. The van der Waals surface area contributed by atoms with Crippen LogP contribution >= 0.6 is 0 Å². The maximum Gasteiger partial charge on any atom is 0.264 e. The molecule has 4 nitrogen and oxygen atoms in total. The van der Waals surface area contributed by atoms with Crippen LogP contribution in [0.25, 0.3) is 0 Å². The van der Waals surface area contributed by atoms with E-state index in [4.69, 9.17) is 5.11 Å². The quantitative estimate of drug-likeness (QED) is 0.634. The molecule has 0 saturated heterocycles. The fourth-order valence-corrected chi connectivity index (χ4v) is 0.704. The van der Waals surface area contributed by atoms with Gasteiger partial charge in [-0.05, 0) is 13.3 Å². The van der Waals surface area contributed by atoms with Gasteiger partial charge in [0, 0.05) is 6.61 Å². The minimum atomic E-state index is -3.19. The Hall–Kier alpha value is -0.130. The Kier molecular flexibility index (Phi) is 9.75. The molecular formula is C6H15O4S. The SMILES string of the molecule is CCCOS(C)(=O)=O.[CH2]CO. The van der Waals surface area contributed by atoms with Crippen LogP contribution in [0.1, 0.15) is 13.3 Å². The van der Waals surface area contributed by atoms with Gasteiger partial charge in [-0.2, -0.15) is 8.42 Å². The predicted molar refractivity (Wildman–Crippen MR) is 43.5 cm³/mol. The van der Waals surface area contributed by atoms with Crippen LogP contribution in [-0.2, 0) is 14.3 Å². The maximum absolute atomic E-state index is 10.2. The second kappa shape index (κ2) is 7.97. The summed E-state index contributed by atoms with van der Waals surface area (Å²) in [5.41, 5.74) is 0. The molecule has 0 aliphatic heterocycles. The molecule has 0 aliphatic rings. The van der Waals surface area contributed by atoms with E-state index < -0.39 is 10.1 Å². The topological polar surface area (TPSA) is 63.6 Å². The van der Waals surface area contributed by atoms with Crippen LogP contribution in [0.2, 0.25) is 0 Å². The summed E-state index contributed by atoms with van der Waals surface area (Å²) in [6, 6.07) is 0. The highest BCUT2D eigenvalue weighted by molar-refractivity contribution is 7.85. The van der Waals surface area contributed by atoms with Gasteiger partial charge < -0.3 is 5.11 Å². The first-order valence-corrected chi connectivity index (χ1v) is 5.04. The summed E-state index contributed by atoms with van der Waals surface area (Å²) in [4.78, 5) is 0. The van der Waals surface area contributed by atoms with Crippen molar-refractivity contribution in [3.8, 4) is 0 Å². The van der Waals surface area contributed by atoms with E-state index in [1.165, 1.54) is 0 Å². The van der Waals surface area contributed by atoms with Crippen molar-refractivity contribution in [3.05, 3.63) is 6.92 Å². The van der Waals surface area contributed by atoms with Crippen molar-refractivity contribution >= 4 is 10.1 Å². The smallest absolute Gasteiger partial charge is 0.264 e. The third kappa shape index (κ3) is 25.8. The van der Waals surface area contributed by atoms with E-state index in [-0.39, 0.29) is 6.61 Å². The van der Waals surface area contributed by atoms with Crippen molar-refractivity contribution in [3.63, 3.8) is 0 Å². The standard InChI is InChI=1S/C4H10O3S.C2H5O/c1-3-4-7-8(2,5)6;1-2-3/h3-4H2,1-2H3;3H,1-2H2. The molecule has 69 valence electrons. The van der Waals surface area contributed by atoms with Gasteiger partial charge in [0.25, 0.3) is 10.1 Å². The molecule has 0 aliphatic carbocycles. The first-order chi connectivity index (χ1) is 4.97. The first kappa shape index (κ1) is 13.5. The third-order valence-electron chi connectivity index (χ3n) is 0.502. The number of hydrogen-bond donors (Lipinski definition) is 1. The van der Waals surface area contributed by atoms with Crippen molar-refractivity contribution < 1.29 is 17.7 Å². The molecule has 0 rings (SSSR count). The lowest BCUT2D eigenvalue weighted by Gasteiger charge is -1.94. The monoisotopic (exact) mass is 183 g/mol. The van der Waals surface area contributed by atoms with Crippen LogP contribution in [0.5, 0.6) is 0 Å². The normalized spacial score (nSPS) is 10.2. The number of rotatable bonds is 3. The number of aliphatic hydroxyl groups is 1. The van der Waals surface area contributed by atoms with Gasteiger partial charge in [0.2, 0.25) is 0 Å². The molecule has 0 aromatic carbocycles. The van der Waals surface area contributed by atoms with E-state index in [0.717, 1.165) is 12.7 Å².